The minimum absolute atomic E-state index is 0.120. The van der Waals surface area contributed by atoms with Gasteiger partial charge in [-0.2, -0.15) is 13.2 Å². The maximum Gasteiger partial charge on any atom is 0.419 e. The van der Waals surface area contributed by atoms with Gasteiger partial charge >= 0.3 is 6.18 Å². The van der Waals surface area contributed by atoms with Gasteiger partial charge in [0, 0.05) is 0 Å². The Morgan fingerprint density at radius 2 is 2.00 bits per heavy atom. The molecular weight excluding hydrogens is 209 g/mol. The van der Waals surface area contributed by atoms with Crippen LogP contribution in [0, 0.1) is 0 Å². The normalized spacial score (nSPS) is 12.6. The van der Waals surface area contributed by atoms with E-state index in [1.807, 2.05) is 0 Å². The smallest absolute Gasteiger partial charge is 0.419 e. The maximum absolute atomic E-state index is 12.1. The van der Waals surface area contributed by atoms with Crippen molar-refractivity contribution in [2.24, 2.45) is 0 Å². The van der Waals surface area contributed by atoms with Crippen molar-refractivity contribution in [2.45, 2.75) is 6.18 Å². The average Bonchev–Trinajstić information content (AvgIpc) is 2.12. The van der Waals surface area contributed by atoms with E-state index < -0.39 is 11.7 Å². The van der Waals surface area contributed by atoms with Gasteiger partial charge in [-0.25, -0.2) is 0 Å². The number of benzene rings is 1. The SMILES string of the molecule is O=C/C(=C\c1cccc(O)c1)C(F)(F)F. The minimum Gasteiger partial charge on any atom is -0.508 e. The lowest BCUT2D eigenvalue weighted by molar-refractivity contribution is -0.118. The lowest BCUT2D eigenvalue weighted by Crippen LogP contribution is -2.12. The third-order valence-electron chi connectivity index (χ3n) is 1.65. The molecule has 0 bridgehead atoms. The van der Waals surface area contributed by atoms with Crippen molar-refractivity contribution < 1.29 is 23.1 Å². The number of carbonyl (C=O) groups excluding carboxylic acids is 1. The van der Waals surface area contributed by atoms with Crippen molar-refractivity contribution in [3.05, 3.63) is 35.4 Å². The predicted octanol–water partition coefficient (Wildman–Crippen LogP) is 2.54. The Morgan fingerprint density at radius 1 is 1.33 bits per heavy atom. The van der Waals surface area contributed by atoms with Gasteiger partial charge in [0.15, 0.2) is 6.29 Å². The molecule has 0 atom stereocenters. The van der Waals surface area contributed by atoms with E-state index >= 15 is 0 Å². The van der Waals surface area contributed by atoms with Crippen LogP contribution >= 0.6 is 0 Å². The van der Waals surface area contributed by atoms with Gasteiger partial charge in [0.1, 0.15) is 5.75 Å². The molecule has 0 saturated carbocycles. The van der Waals surface area contributed by atoms with E-state index in [4.69, 9.17) is 5.11 Å². The molecular formula is C10H7F3O2. The molecule has 0 aliphatic rings. The van der Waals surface area contributed by atoms with Crippen molar-refractivity contribution in [3.8, 4) is 5.75 Å². The van der Waals surface area contributed by atoms with E-state index in [1.54, 1.807) is 0 Å². The van der Waals surface area contributed by atoms with Gasteiger partial charge in [0.05, 0.1) is 5.57 Å². The number of hydrogen-bond donors (Lipinski definition) is 1. The van der Waals surface area contributed by atoms with Crippen LogP contribution in [-0.4, -0.2) is 17.6 Å². The molecule has 0 aliphatic heterocycles. The zero-order valence-corrected chi connectivity index (χ0v) is 7.45. The highest BCUT2D eigenvalue weighted by molar-refractivity contribution is 5.83. The number of halogens is 3. The fraction of sp³-hybridized carbons (Fsp3) is 0.100. The van der Waals surface area contributed by atoms with Gasteiger partial charge in [-0.05, 0) is 23.8 Å². The summed E-state index contributed by atoms with van der Waals surface area (Å²) in [4.78, 5) is 10.2. The fourth-order valence-electron chi connectivity index (χ4n) is 0.977. The molecule has 0 spiro atoms. The fourth-order valence-corrected chi connectivity index (χ4v) is 0.977. The van der Waals surface area contributed by atoms with Gasteiger partial charge < -0.3 is 5.11 Å². The van der Waals surface area contributed by atoms with Crippen LogP contribution in [0.5, 0.6) is 5.75 Å². The molecule has 2 nitrogen and oxygen atoms in total. The maximum atomic E-state index is 12.1. The number of phenolic OH excluding ortho intramolecular Hbond substituents is 1. The van der Waals surface area contributed by atoms with Crippen molar-refractivity contribution in [3.63, 3.8) is 0 Å². The summed E-state index contributed by atoms with van der Waals surface area (Å²) >= 11 is 0. The average molecular weight is 216 g/mol. The standard InChI is InChI=1S/C10H7F3O2/c11-10(12,13)8(6-14)4-7-2-1-3-9(15)5-7/h1-6,15H/b8-4+. The van der Waals surface area contributed by atoms with Crippen LogP contribution in [0.1, 0.15) is 5.56 Å². The van der Waals surface area contributed by atoms with E-state index in [1.165, 1.54) is 18.2 Å². The first-order chi connectivity index (χ1) is 6.93. The lowest BCUT2D eigenvalue weighted by atomic mass is 10.1. The summed E-state index contributed by atoms with van der Waals surface area (Å²) in [6, 6.07) is 5.20. The van der Waals surface area contributed by atoms with Crippen LogP contribution in [0.25, 0.3) is 6.08 Å². The van der Waals surface area contributed by atoms with E-state index in [0.29, 0.717) is 6.08 Å². The Bertz CT molecular complexity index is 394. The Balaban J connectivity index is 3.09. The van der Waals surface area contributed by atoms with Crippen molar-refractivity contribution in [2.75, 3.05) is 0 Å². The number of phenols is 1. The number of allylic oxidation sites excluding steroid dienone is 1. The molecule has 0 saturated heterocycles. The van der Waals surface area contributed by atoms with Crippen molar-refractivity contribution in [1.29, 1.82) is 0 Å². The molecule has 1 rings (SSSR count). The predicted molar refractivity (Wildman–Crippen MR) is 48.2 cm³/mol. The second kappa shape index (κ2) is 4.16. The largest absolute Gasteiger partial charge is 0.508 e. The molecule has 0 aromatic heterocycles. The summed E-state index contributed by atoms with van der Waals surface area (Å²) in [7, 11) is 0. The van der Waals surface area contributed by atoms with Crippen molar-refractivity contribution >= 4 is 12.4 Å². The van der Waals surface area contributed by atoms with Gasteiger partial charge in [0.25, 0.3) is 0 Å². The first kappa shape index (κ1) is 11.3. The number of hydrogen-bond acceptors (Lipinski definition) is 2. The number of carbonyl (C=O) groups is 1. The highest BCUT2D eigenvalue weighted by Gasteiger charge is 2.33. The molecule has 15 heavy (non-hydrogen) atoms. The summed E-state index contributed by atoms with van der Waals surface area (Å²) < 4.78 is 36.4. The summed E-state index contributed by atoms with van der Waals surface area (Å²) in [5, 5.41) is 9.00. The topological polar surface area (TPSA) is 37.3 Å². The molecule has 0 aliphatic carbocycles. The zero-order valence-electron chi connectivity index (χ0n) is 7.45. The van der Waals surface area contributed by atoms with Gasteiger partial charge in [-0.15, -0.1) is 0 Å². The quantitative estimate of drug-likeness (QED) is 0.609. The molecule has 0 fully saturated rings. The number of aromatic hydroxyl groups is 1. The minimum atomic E-state index is -4.67. The van der Waals surface area contributed by atoms with E-state index in [9.17, 15) is 18.0 Å². The van der Waals surface area contributed by atoms with Gasteiger partial charge in [-0.1, -0.05) is 12.1 Å². The summed E-state index contributed by atoms with van der Waals surface area (Å²) in [6.45, 7) is 0. The molecule has 5 heteroatoms. The molecule has 1 aromatic rings. The summed E-state index contributed by atoms with van der Waals surface area (Å²) in [5.41, 5.74) is -1.16. The second-order valence-corrected chi connectivity index (χ2v) is 2.81. The number of aldehydes is 1. The number of alkyl halides is 3. The van der Waals surface area contributed by atoms with Gasteiger partial charge in [0.2, 0.25) is 0 Å². The Labute approximate surface area is 83.7 Å². The van der Waals surface area contributed by atoms with Crippen LogP contribution in [0.3, 0.4) is 0 Å². The summed E-state index contributed by atoms with van der Waals surface area (Å²) in [5.74, 6) is -0.156. The van der Waals surface area contributed by atoms with Gasteiger partial charge in [-0.3, -0.25) is 4.79 Å². The van der Waals surface area contributed by atoms with Crippen LogP contribution in [0.15, 0.2) is 29.8 Å². The van der Waals surface area contributed by atoms with Crippen LogP contribution in [0.2, 0.25) is 0 Å². The first-order valence-corrected chi connectivity index (χ1v) is 3.96. The molecule has 1 aromatic carbocycles. The lowest BCUT2D eigenvalue weighted by Gasteiger charge is -2.04. The van der Waals surface area contributed by atoms with Crippen LogP contribution in [-0.2, 0) is 4.79 Å². The van der Waals surface area contributed by atoms with E-state index in [0.717, 1.165) is 6.07 Å². The van der Waals surface area contributed by atoms with E-state index in [-0.39, 0.29) is 17.6 Å². The Kier molecular flexibility index (Phi) is 3.14. The Hall–Kier alpha value is -1.78. The zero-order chi connectivity index (χ0) is 11.5. The van der Waals surface area contributed by atoms with E-state index in [2.05, 4.69) is 0 Å². The monoisotopic (exact) mass is 216 g/mol. The highest BCUT2D eigenvalue weighted by atomic mass is 19.4. The first-order valence-electron chi connectivity index (χ1n) is 3.96. The highest BCUT2D eigenvalue weighted by Crippen LogP contribution is 2.26. The van der Waals surface area contributed by atoms with Crippen LogP contribution in [0.4, 0.5) is 13.2 Å². The Morgan fingerprint density at radius 3 is 2.47 bits per heavy atom. The third kappa shape index (κ3) is 3.12. The second-order valence-electron chi connectivity index (χ2n) is 2.81. The summed E-state index contributed by atoms with van der Waals surface area (Å²) in [6.07, 6.45) is -4.26. The molecule has 0 heterocycles. The molecule has 1 N–H and O–H groups in total. The number of rotatable bonds is 2. The molecule has 0 amide bonds. The van der Waals surface area contributed by atoms with Crippen molar-refractivity contribution in [1.82, 2.24) is 0 Å². The molecule has 0 radical (unpaired) electrons. The van der Waals surface area contributed by atoms with Crippen LogP contribution < -0.4 is 0 Å². The molecule has 80 valence electrons. The molecule has 0 unspecified atom stereocenters. The third-order valence-corrected chi connectivity index (χ3v) is 1.65.